The van der Waals surface area contributed by atoms with E-state index < -0.39 is 33.4 Å². The summed E-state index contributed by atoms with van der Waals surface area (Å²) in [6.07, 6.45) is 17.4. The first kappa shape index (κ1) is 51.8. The summed E-state index contributed by atoms with van der Waals surface area (Å²) in [6.45, 7) is 24.1. The van der Waals surface area contributed by atoms with Gasteiger partial charge >= 0.3 is 17.2 Å². The fourth-order valence-corrected chi connectivity index (χ4v) is 10.5. The van der Waals surface area contributed by atoms with Crippen molar-refractivity contribution in [2.24, 2.45) is 0 Å². The van der Waals surface area contributed by atoms with Gasteiger partial charge in [0, 0.05) is 17.0 Å². The molecule has 0 aromatic heterocycles. The highest BCUT2D eigenvalue weighted by molar-refractivity contribution is 7.40. The molecule has 62 heavy (non-hydrogen) atoms. The highest BCUT2D eigenvalue weighted by Gasteiger charge is 2.48. The lowest BCUT2D eigenvalue weighted by Crippen LogP contribution is -2.40. The van der Waals surface area contributed by atoms with Gasteiger partial charge in [-0.25, -0.2) is 0 Å². The maximum absolute atomic E-state index is 10.3. The lowest BCUT2D eigenvalue weighted by atomic mass is 9.55. The molecule has 4 rings (SSSR count). The standard InChI is InChI=1S/C54H80O6P2/c1-12-15-17-19-21-23-29-41-30-25-27-33-43(41)44(14-3)54(45-34-28-26-32-42(45)31-24-22-20-18-16-13-2,46-37-48(52(6,7)8)50(35-39(46)4)59-61(55)56)47-38-49(53(9,10)11)51(36-40(47)5)60-62(57)58/h25-28,30,32-38,44,55-58H,12-24,29,31H2,1-11H3. The zero-order chi connectivity index (χ0) is 45.7. The topological polar surface area (TPSA) is 99.4 Å². The number of benzene rings is 4. The SMILES string of the molecule is CCCCCCCCc1ccccc1C(CC)C(c1cc(C(C)(C)C)c(OP(O)O)cc1C)(c1cc(C(C)(C)C)c(OP(O)O)cc1C)c1ccccc1CCCCCCCC. The molecule has 4 aromatic carbocycles. The van der Waals surface area contributed by atoms with Gasteiger partial charge < -0.3 is 28.6 Å². The number of aryl methyl sites for hydroxylation is 4. The van der Waals surface area contributed by atoms with Crippen LogP contribution in [-0.2, 0) is 29.1 Å². The molecule has 0 bridgehead atoms. The minimum Gasteiger partial charge on any atom is -0.427 e. The van der Waals surface area contributed by atoms with E-state index in [2.05, 4.69) is 137 Å². The third-order valence-electron chi connectivity index (χ3n) is 12.9. The van der Waals surface area contributed by atoms with Gasteiger partial charge in [-0.05, 0) is 113 Å². The highest BCUT2D eigenvalue weighted by atomic mass is 31.2. The van der Waals surface area contributed by atoms with Gasteiger partial charge in [0.15, 0.2) is 0 Å². The molecule has 0 aliphatic rings. The summed E-state index contributed by atoms with van der Waals surface area (Å²) in [5, 5.41) is 0. The Morgan fingerprint density at radius 2 is 0.887 bits per heavy atom. The van der Waals surface area contributed by atoms with Crippen molar-refractivity contribution in [3.05, 3.63) is 128 Å². The summed E-state index contributed by atoms with van der Waals surface area (Å²) in [6, 6.07) is 26.9. The van der Waals surface area contributed by atoms with Crippen LogP contribution in [0.1, 0.15) is 207 Å². The number of hydrogen-bond acceptors (Lipinski definition) is 6. The maximum Gasteiger partial charge on any atom is 0.391 e. The van der Waals surface area contributed by atoms with Crippen LogP contribution in [0.2, 0.25) is 0 Å². The Morgan fingerprint density at radius 3 is 1.32 bits per heavy atom. The van der Waals surface area contributed by atoms with E-state index in [1.807, 2.05) is 12.1 Å². The zero-order valence-corrected chi connectivity index (χ0v) is 41.9. The molecule has 0 saturated heterocycles. The van der Waals surface area contributed by atoms with Gasteiger partial charge in [-0.1, -0.05) is 187 Å². The fraction of sp³-hybridized carbons (Fsp3) is 0.556. The predicted octanol–water partition coefficient (Wildman–Crippen LogP) is 15.4. The summed E-state index contributed by atoms with van der Waals surface area (Å²) in [5.74, 6) is 0.924. The van der Waals surface area contributed by atoms with Crippen molar-refractivity contribution in [2.75, 3.05) is 0 Å². The Morgan fingerprint density at radius 1 is 0.484 bits per heavy atom. The smallest absolute Gasteiger partial charge is 0.391 e. The monoisotopic (exact) mass is 887 g/mol. The Bertz CT molecular complexity index is 1910. The Labute approximate surface area is 378 Å². The summed E-state index contributed by atoms with van der Waals surface area (Å²) in [7, 11) is -5.30. The van der Waals surface area contributed by atoms with Crippen molar-refractivity contribution >= 4 is 17.2 Å². The Balaban J connectivity index is 2.26. The summed E-state index contributed by atoms with van der Waals surface area (Å²) in [4.78, 5) is 41.1. The third-order valence-corrected chi connectivity index (χ3v) is 13.6. The second-order valence-corrected chi connectivity index (χ2v) is 21.1. The van der Waals surface area contributed by atoms with Gasteiger partial charge in [0.1, 0.15) is 11.5 Å². The van der Waals surface area contributed by atoms with Crippen LogP contribution in [0.15, 0.2) is 72.8 Å². The second-order valence-electron chi connectivity index (χ2n) is 19.7. The van der Waals surface area contributed by atoms with Crippen LogP contribution in [0.3, 0.4) is 0 Å². The minimum atomic E-state index is -2.65. The van der Waals surface area contributed by atoms with E-state index in [4.69, 9.17) is 9.05 Å². The van der Waals surface area contributed by atoms with Crippen LogP contribution in [0.5, 0.6) is 11.5 Å². The molecule has 0 fully saturated rings. The summed E-state index contributed by atoms with van der Waals surface area (Å²) >= 11 is 0. The molecule has 0 radical (unpaired) electrons. The molecule has 6 nitrogen and oxygen atoms in total. The summed E-state index contributed by atoms with van der Waals surface area (Å²) < 4.78 is 11.7. The van der Waals surface area contributed by atoms with Gasteiger partial charge in [-0.3, -0.25) is 0 Å². The van der Waals surface area contributed by atoms with E-state index in [-0.39, 0.29) is 5.92 Å². The summed E-state index contributed by atoms with van der Waals surface area (Å²) in [5.41, 5.74) is 9.82. The van der Waals surface area contributed by atoms with Crippen molar-refractivity contribution in [2.45, 2.75) is 195 Å². The van der Waals surface area contributed by atoms with Gasteiger partial charge in [0.2, 0.25) is 0 Å². The molecule has 0 saturated carbocycles. The van der Waals surface area contributed by atoms with Gasteiger partial charge in [0.05, 0.1) is 5.41 Å². The molecule has 8 heteroatoms. The molecule has 4 N–H and O–H groups in total. The van der Waals surface area contributed by atoms with Gasteiger partial charge in [-0.15, -0.1) is 0 Å². The molecule has 1 atom stereocenters. The molecule has 0 aliphatic carbocycles. The third kappa shape index (κ3) is 13.1. The van der Waals surface area contributed by atoms with E-state index in [9.17, 15) is 19.6 Å². The first-order valence-electron chi connectivity index (χ1n) is 23.6. The first-order chi connectivity index (χ1) is 29.4. The molecular weight excluding hydrogens is 807 g/mol. The van der Waals surface area contributed by atoms with Gasteiger partial charge in [0.25, 0.3) is 0 Å². The number of hydrogen-bond donors (Lipinski definition) is 4. The van der Waals surface area contributed by atoms with E-state index in [0.29, 0.717) is 11.5 Å². The van der Waals surface area contributed by atoms with Crippen molar-refractivity contribution in [3.8, 4) is 11.5 Å². The van der Waals surface area contributed by atoms with E-state index in [1.165, 1.54) is 86.5 Å². The Kier molecular flexibility index (Phi) is 20.0. The molecule has 1 unspecified atom stereocenters. The average molecular weight is 887 g/mol. The minimum absolute atomic E-state index is 0.0401. The fourth-order valence-electron chi connectivity index (χ4n) is 9.89. The molecule has 4 aromatic rings. The maximum atomic E-state index is 10.3. The normalized spacial score (nSPS) is 13.0. The molecule has 0 heterocycles. The van der Waals surface area contributed by atoms with Crippen LogP contribution in [0.4, 0.5) is 0 Å². The van der Waals surface area contributed by atoms with Crippen LogP contribution < -0.4 is 9.05 Å². The van der Waals surface area contributed by atoms with Crippen LogP contribution >= 0.6 is 17.2 Å². The first-order valence-corrected chi connectivity index (χ1v) is 25.9. The second kappa shape index (κ2) is 23.9. The van der Waals surface area contributed by atoms with Crippen molar-refractivity contribution in [1.29, 1.82) is 0 Å². The molecule has 342 valence electrons. The van der Waals surface area contributed by atoms with Crippen LogP contribution in [-0.4, -0.2) is 19.6 Å². The lowest BCUT2D eigenvalue weighted by molar-refractivity contribution is 0.368. The van der Waals surface area contributed by atoms with E-state index in [1.54, 1.807) is 0 Å². The molecule has 0 spiro atoms. The van der Waals surface area contributed by atoms with Crippen molar-refractivity contribution in [1.82, 2.24) is 0 Å². The van der Waals surface area contributed by atoms with E-state index in [0.717, 1.165) is 65.5 Å². The molecule has 0 amide bonds. The number of unbranched alkanes of at least 4 members (excludes halogenated alkanes) is 10. The van der Waals surface area contributed by atoms with E-state index >= 15 is 0 Å². The van der Waals surface area contributed by atoms with Crippen LogP contribution in [0, 0.1) is 13.8 Å². The Hall–Kier alpha value is -2.82. The largest absolute Gasteiger partial charge is 0.427 e. The predicted molar refractivity (Wildman–Crippen MR) is 264 cm³/mol. The van der Waals surface area contributed by atoms with Gasteiger partial charge in [-0.2, -0.15) is 0 Å². The molecule has 0 aliphatic heterocycles. The quantitative estimate of drug-likeness (QED) is 0.0318. The lowest BCUT2D eigenvalue weighted by Gasteiger charge is -2.47. The number of rotatable bonds is 24. The zero-order valence-electron chi connectivity index (χ0n) is 40.1. The average Bonchev–Trinajstić information content (AvgIpc) is 3.19. The van der Waals surface area contributed by atoms with Crippen molar-refractivity contribution < 1.29 is 28.6 Å². The van der Waals surface area contributed by atoms with Crippen LogP contribution in [0.25, 0.3) is 0 Å². The highest BCUT2D eigenvalue weighted by Crippen LogP contribution is 2.57. The molecular formula is C54H80O6P2. The van der Waals surface area contributed by atoms with Crippen molar-refractivity contribution in [3.63, 3.8) is 0 Å².